The van der Waals surface area contributed by atoms with Crippen molar-refractivity contribution in [3.63, 3.8) is 0 Å². The minimum Gasteiger partial charge on any atom is -0.364 e. The molecule has 0 saturated heterocycles. The Balaban J connectivity index is 2.65. The van der Waals surface area contributed by atoms with E-state index in [1.165, 1.54) is 6.07 Å². The number of alkyl halides is 5. The Labute approximate surface area is 114 Å². The predicted molar refractivity (Wildman–Crippen MR) is 59.8 cm³/mol. The summed E-state index contributed by atoms with van der Waals surface area (Å²) in [5, 5.41) is 0. The highest BCUT2D eigenvalue weighted by atomic mass is 19.4. The molecule has 2 rings (SSSR count). The Bertz CT molecular complexity index is 679. The summed E-state index contributed by atoms with van der Waals surface area (Å²) in [6, 6.07) is 2.39. The van der Waals surface area contributed by atoms with E-state index in [9.17, 15) is 26.7 Å². The fourth-order valence-electron chi connectivity index (χ4n) is 1.64. The van der Waals surface area contributed by atoms with Crippen molar-refractivity contribution in [1.29, 1.82) is 0 Å². The number of nitrogens with two attached hydrogens (primary N) is 1. The summed E-state index contributed by atoms with van der Waals surface area (Å²) in [5.41, 5.74) is 4.25. The second-order valence-corrected chi connectivity index (χ2v) is 3.93. The van der Waals surface area contributed by atoms with Crippen LogP contribution in [0, 0.1) is 0 Å². The monoisotopic (exact) mass is 306 g/mol. The smallest absolute Gasteiger partial charge is 0.364 e. The van der Waals surface area contributed by atoms with E-state index in [4.69, 9.17) is 5.73 Å². The molecular formula is C11H7F5N4O. The van der Waals surface area contributed by atoms with Gasteiger partial charge in [0.15, 0.2) is 11.5 Å². The number of primary amides is 1. The fourth-order valence-corrected chi connectivity index (χ4v) is 1.64. The molecule has 0 radical (unpaired) electrons. The molecule has 0 aromatic carbocycles. The first kappa shape index (κ1) is 14.9. The molecule has 0 spiro atoms. The second kappa shape index (κ2) is 4.79. The molecule has 21 heavy (non-hydrogen) atoms. The number of carbonyl (C=O) groups excluding carboxylic acids is 1. The van der Waals surface area contributed by atoms with Gasteiger partial charge < -0.3 is 5.73 Å². The largest absolute Gasteiger partial charge is 0.461 e. The van der Waals surface area contributed by atoms with Crippen LogP contribution in [0.25, 0.3) is 5.69 Å². The molecule has 0 aliphatic carbocycles. The molecule has 5 nitrogen and oxygen atoms in total. The van der Waals surface area contributed by atoms with E-state index < -0.39 is 29.5 Å². The number of hydrogen-bond acceptors (Lipinski definition) is 3. The number of nitrogens with zero attached hydrogens (tertiary/aromatic N) is 3. The van der Waals surface area contributed by atoms with Crippen LogP contribution in [0.4, 0.5) is 22.0 Å². The average Bonchev–Trinajstić information content (AvgIpc) is 2.86. The zero-order valence-corrected chi connectivity index (χ0v) is 10.1. The number of halogens is 5. The number of carbonyl (C=O) groups is 1. The predicted octanol–water partition coefficient (Wildman–Crippen LogP) is 2.02. The Hall–Kier alpha value is -2.52. The SMILES string of the molecule is NC(=O)c1ncccc1-n1ccnc1C(F)(F)C(F)(F)F. The number of amides is 1. The highest BCUT2D eigenvalue weighted by molar-refractivity contribution is 5.94. The Morgan fingerprint density at radius 1 is 1.14 bits per heavy atom. The molecule has 0 bridgehead atoms. The summed E-state index contributed by atoms with van der Waals surface area (Å²) in [5.74, 6) is -7.84. The zero-order chi connectivity index (χ0) is 15.8. The van der Waals surface area contributed by atoms with Crippen molar-refractivity contribution in [2.24, 2.45) is 5.73 Å². The third kappa shape index (κ3) is 2.43. The van der Waals surface area contributed by atoms with Crippen LogP contribution in [0.15, 0.2) is 30.7 Å². The first-order valence-corrected chi connectivity index (χ1v) is 5.40. The number of hydrogen-bond donors (Lipinski definition) is 1. The molecule has 2 aromatic rings. The number of pyridine rings is 1. The van der Waals surface area contributed by atoms with Gasteiger partial charge in [0.25, 0.3) is 5.91 Å². The molecule has 2 aromatic heterocycles. The van der Waals surface area contributed by atoms with Gasteiger partial charge in [0, 0.05) is 18.6 Å². The molecule has 0 atom stereocenters. The minimum atomic E-state index is -5.83. The quantitative estimate of drug-likeness (QED) is 0.882. The number of aromatic nitrogens is 3. The van der Waals surface area contributed by atoms with E-state index in [-0.39, 0.29) is 5.69 Å². The van der Waals surface area contributed by atoms with Crippen molar-refractivity contribution in [3.8, 4) is 5.69 Å². The molecule has 0 aliphatic heterocycles. The van der Waals surface area contributed by atoms with Gasteiger partial charge in [-0.1, -0.05) is 0 Å². The molecule has 112 valence electrons. The summed E-state index contributed by atoms with van der Waals surface area (Å²) >= 11 is 0. The van der Waals surface area contributed by atoms with Crippen molar-refractivity contribution in [2.75, 3.05) is 0 Å². The van der Waals surface area contributed by atoms with Gasteiger partial charge in [0.05, 0.1) is 5.69 Å². The third-order valence-electron chi connectivity index (χ3n) is 2.56. The van der Waals surface area contributed by atoms with Crippen LogP contribution in [-0.2, 0) is 5.92 Å². The fraction of sp³-hybridized carbons (Fsp3) is 0.182. The maximum Gasteiger partial charge on any atom is 0.461 e. The Morgan fingerprint density at radius 3 is 2.38 bits per heavy atom. The van der Waals surface area contributed by atoms with Gasteiger partial charge in [-0.15, -0.1) is 0 Å². The van der Waals surface area contributed by atoms with E-state index in [1.54, 1.807) is 0 Å². The van der Waals surface area contributed by atoms with Crippen LogP contribution in [0.2, 0.25) is 0 Å². The van der Waals surface area contributed by atoms with E-state index >= 15 is 0 Å². The summed E-state index contributed by atoms with van der Waals surface area (Å²) in [6.45, 7) is 0. The van der Waals surface area contributed by atoms with Crippen LogP contribution in [-0.4, -0.2) is 26.6 Å². The van der Waals surface area contributed by atoms with Gasteiger partial charge in [0.2, 0.25) is 0 Å². The zero-order valence-electron chi connectivity index (χ0n) is 10.1. The molecule has 0 fully saturated rings. The highest BCUT2D eigenvalue weighted by Gasteiger charge is 2.61. The van der Waals surface area contributed by atoms with E-state index in [2.05, 4.69) is 9.97 Å². The number of rotatable bonds is 3. The molecule has 0 unspecified atom stereocenters. The lowest BCUT2D eigenvalue weighted by molar-refractivity contribution is -0.293. The van der Waals surface area contributed by atoms with Crippen molar-refractivity contribution >= 4 is 5.91 Å². The summed E-state index contributed by atoms with van der Waals surface area (Å²) in [4.78, 5) is 17.8. The standard InChI is InChI=1S/C11H7F5N4O/c12-10(13,11(14,15)16)9-19-4-5-20(9)6-2-1-3-18-7(6)8(17)21/h1-5H,(H2,17,21). The number of imidazole rings is 1. The first-order chi connectivity index (χ1) is 9.66. The van der Waals surface area contributed by atoms with E-state index in [1.807, 2.05) is 0 Å². The molecule has 10 heteroatoms. The normalized spacial score (nSPS) is 12.4. The van der Waals surface area contributed by atoms with E-state index in [0.29, 0.717) is 4.57 Å². The molecule has 1 amide bonds. The minimum absolute atomic E-state index is 0.318. The van der Waals surface area contributed by atoms with Crippen molar-refractivity contribution in [3.05, 3.63) is 42.2 Å². The maximum atomic E-state index is 13.4. The molecule has 0 saturated carbocycles. The summed E-state index contributed by atoms with van der Waals surface area (Å²) in [7, 11) is 0. The molecule has 2 heterocycles. The Kier molecular flexibility index (Phi) is 3.39. The van der Waals surface area contributed by atoms with Gasteiger partial charge >= 0.3 is 12.1 Å². The van der Waals surface area contributed by atoms with Crippen LogP contribution in [0.5, 0.6) is 0 Å². The van der Waals surface area contributed by atoms with Gasteiger partial charge in [-0.05, 0) is 12.1 Å². The highest BCUT2D eigenvalue weighted by Crippen LogP contribution is 2.43. The third-order valence-corrected chi connectivity index (χ3v) is 2.56. The van der Waals surface area contributed by atoms with Gasteiger partial charge in [-0.2, -0.15) is 22.0 Å². The van der Waals surface area contributed by atoms with Crippen molar-refractivity contribution < 1.29 is 26.7 Å². The second-order valence-electron chi connectivity index (χ2n) is 3.93. The van der Waals surface area contributed by atoms with Gasteiger partial charge in [-0.3, -0.25) is 9.36 Å². The lowest BCUT2D eigenvalue weighted by atomic mass is 10.2. The topological polar surface area (TPSA) is 73.8 Å². The molecule has 2 N–H and O–H groups in total. The summed E-state index contributed by atoms with van der Waals surface area (Å²) in [6.07, 6.45) is -3.06. The van der Waals surface area contributed by atoms with Crippen molar-refractivity contribution in [1.82, 2.24) is 14.5 Å². The van der Waals surface area contributed by atoms with Crippen LogP contribution >= 0.6 is 0 Å². The maximum absolute atomic E-state index is 13.4. The lowest BCUT2D eigenvalue weighted by Gasteiger charge is -2.20. The summed E-state index contributed by atoms with van der Waals surface area (Å²) < 4.78 is 64.6. The van der Waals surface area contributed by atoms with Crippen LogP contribution in [0.1, 0.15) is 16.3 Å². The van der Waals surface area contributed by atoms with Gasteiger partial charge in [0.1, 0.15) is 0 Å². The van der Waals surface area contributed by atoms with Crippen LogP contribution in [0.3, 0.4) is 0 Å². The van der Waals surface area contributed by atoms with E-state index in [0.717, 1.165) is 24.7 Å². The lowest BCUT2D eigenvalue weighted by Crippen LogP contribution is -2.36. The average molecular weight is 306 g/mol. The molecule has 0 aliphatic rings. The van der Waals surface area contributed by atoms with Crippen molar-refractivity contribution in [2.45, 2.75) is 12.1 Å². The molecular weight excluding hydrogens is 299 g/mol. The van der Waals surface area contributed by atoms with Gasteiger partial charge in [-0.25, -0.2) is 9.97 Å². The Morgan fingerprint density at radius 2 is 1.81 bits per heavy atom. The van der Waals surface area contributed by atoms with Crippen LogP contribution < -0.4 is 5.73 Å². The first-order valence-electron chi connectivity index (χ1n) is 5.40.